The minimum absolute atomic E-state index is 0.263. The van der Waals surface area contributed by atoms with E-state index in [-0.39, 0.29) is 6.04 Å². The Kier molecular flexibility index (Phi) is 4.10. The van der Waals surface area contributed by atoms with Crippen LogP contribution in [0, 0.1) is 0 Å². The summed E-state index contributed by atoms with van der Waals surface area (Å²) in [7, 11) is 2.17. The minimum Gasteiger partial charge on any atom is -0.486 e. The van der Waals surface area contributed by atoms with Crippen LogP contribution in [0.25, 0.3) is 0 Å². The molecular formula is C15H23N3O2. The largest absolute Gasteiger partial charge is 0.486 e. The van der Waals surface area contributed by atoms with E-state index in [1.165, 1.54) is 5.56 Å². The lowest BCUT2D eigenvalue weighted by Gasteiger charge is -2.38. The van der Waals surface area contributed by atoms with E-state index >= 15 is 0 Å². The first-order valence-electron chi connectivity index (χ1n) is 7.30. The van der Waals surface area contributed by atoms with Crippen molar-refractivity contribution in [3.05, 3.63) is 23.8 Å². The number of fused-ring (bicyclic) bond motifs is 1. The van der Waals surface area contributed by atoms with Crippen molar-refractivity contribution in [1.82, 2.24) is 9.80 Å². The van der Waals surface area contributed by atoms with Crippen LogP contribution >= 0.6 is 0 Å². The summed E-state index contributed by atoms with van der Waals surface area (Å²) in [4.78, 5) is 4.82. The highest BCUT2D eigenvalue weighted by Crippen LogP contribution is 2.34. The zero-order valence-electron chi connectivity index (χ0n) is 12.0. The fourth-order valence-electron chi connectivity index (χ4n) is 2.90. The summed E-state index contributed by atoms with van der Waals surface area (Å²) in [6.07, 6.45) is 0. The molecule has 0 amide bonds. The predicted octanol–water partition coefficient (Wildman–Crippen LogP) is 0.705. The molecule has 1 atom stereocenters. The van der Waals surface area contributed by atoms with Crippen LogP contribution in [-0.4, -0.2) is 62.8 Å². The number of hydrogen-bond donors (Lipinski definition) is 1. The Morgan fingerprint density at radius 1 is 1.10 bits per heavy atom. The first-order chi connectivity index (χ1) is 9.78. The van der Waals surface area contributed by atoms with Crippen molar-refractivity contribution in [2.45, 2.75) is 6.04 Å². The van der Waals surface area contributed by atoms with Crippen LogP contribution < -0.4 is 15.2 Å². The van der Waals surface area contributed by atoms with Crippen LogP contribution in [0.15, 0.2) is 18.2 Å². The van der Waals surface area contributed by atoms with Gasteiger partial charge in [0.2, 0.25) is 0 Å². The van der Waals surface area contributed by atoms with Gasteiger partial charge in [0.15, 0.2) is 11.5 Å². The molecule has 0 bridgehead atoms. The summed E-state index contributed by atoms with van der Waals surface area (Å²) in [6, 6.07) is 6.47. The molecule has 5 nitrogen and oxygen atoms in total. The monoisotopic (exact) mass is 277 g/mol. The van der Waals surface area contributed by atoms with Crippen molar-refractivity contribution in [2.24, 2.45) is 5.73 Å². The van der Waals surface area contributed by atoms with Crippen LogP contribution in [0.4, 0.5) is 0 Å². The molecule has 0 aliphatic carbocycles. The first kappa shape index (κ1) is 13.7. The lowest BCUT2D eigenvalue weighted by molar-refractivity contribution is 0.114. The molecule has 1 aromatic rings. The van der Waals surface area contributed by atoms with Gasteiger partial charge in [-0.25, -0.2) is 0 Å². The summed E-state index contributed by atoms with van der Waals surface area (Å²) in [5, 5.41) is 0. The molecule has 1 aromatic carbocycles. The molecule has 2 aliphatic rings. The Labute approximate surface area is 120 Å². The lowest BCUT2D eigenvalue weighted by Crippen LogP contribution is -2.47. The van der Waals surface area contributed by atoms with Gasteiger partial charge in [0.05, 0.1) is 0 Å². The zero-order valence-corrected chi connectivity index (χ0v) is 12.0. The molecule has 5 heteroatoms. The van der Waals surface area contributed by atoms with E-state index in [1.807, 2.05) is 6.07 Å². The third-order valence-electron chi connectivity index (χ3n) is 4.15. The van der Waals surface area contributed by atoms with Crippen LogP contribution in [-0.2, 0) is 0 Å². The quantitative estimate of drug-likeness (QED) is 0.881. The van der Waals surface area contributed by atoms with Crippen molar-refractivity contribution in [3.8, 4) is 11.5 Å². The van der Waals surface area contributed by atoms with Crippen molar-refractivity contribution < 1.29 is 9.47 Å². The van der Waals surface area contributed by atoms with Crippen LogP contribution in [0.2, 0.25) is 0 Å². The molecule has 2 heterocycles. The second-order valence-electron chi connectivity index (χ2n) is 5.49. The Hall–Kier alpha value is -1.30. The number of piperazine rings is 1. The minimum atomic E-state index is 0.263. The Balaban J connectivity index is 1.78. The van der Waals surface area contributed by atoms with Crippen molar-refractivity contribution in [3.63, 3.8) is 0 Å². The highest BCUT2D eigenvalue weighted by Gasteiger charge is 2.24. The molecule has 1 unspecified atom stereocenters. The Morgan fingerprint density at radius 3 is 2.50 bits per heavy atom. The van der Waals surface area contributed by atoms with Gasteiger partial charge in [-0.15, -0.1) is 0 Å². The molecule has 0 radical (unpaired) electrons. The number of rotatable bonds is 3. The average Bonchev–Trinajstić information content (AvgIpc) is 2.50. The van der Waals surface area contributed by atoms with Crippen LogP contribution in [0.1, 0.15) is 11.6 Å². The van der Waals surface area contributed by atoms with Crippen LogP contribution in [0.5, 0.6) is 11.5 Å². The maximum absolute atomic E-state index is 6.02. The summed E-state index contributed by atoms with van der Waals surface area (Å²) >= 11 is 0. The number of ether oxygens (including phenoxy) is 2. The van der Waals surface area contributed by atoms with E-state index in [0.29, 0.717) is 19.8 Å². The van der Waals surface area contributed by atoms with Gasteiger partial charge in [0.25, 0.3) is 0 Å². The van der Waals surface area contributed by atoms with Gasteiger partial charge in [-0.05, 0) is 24.7 Å². The fourth-order valence-corrected chi connectivity index (χ4v) is 2.90. The third kappa shape index (κ3) is 2.75. The maximum atomic E-state index is 6.02. The first-order valence-corrected chi connectivity index (χ1v) is 7.30. The van der Waals surface area contributed by atoms with E-state index < -0.39 is 0 Å². The molecule has 20 heavy (non-hydrogen) atoms. The number of nitrogens with two attached hydrogens (primary N) is 1. The third-order valence-corrected chi connectivity index (χ3v) is 4.15. The van der Waals surface area contributed by atoms with Gasteiger partial charge in [-0.2, -0.15) is 0 Å². The molecule has 0 aromatic heterocycles. The highest BCUT2D eigenvalue weighted by atomic mass is 16.6. The number of hydrogen-bond acceptors (Lipinski definition) is 5. The summed E-state index contributed by atoms with van der Waals surface area (Å²) in [5.41, 5.74) is 7.24. The molecule has 1 fully saturated rings. The van der Waals surface area contributed by atoms with Gasteiger partial charge >= 0.3 is 0 Å². The second-order valence-corrected chi connectivity index (χ2v) is 5.49. The topological polar surface area (TPSA) is 51.0 Å². The number of benzene rings is 1. The Morgan fingerprint density at radius 2 is 1.80 bits per heavy atom. The van der Waals surface area contributed by atoms with E-state index in [9.17, 15) is 0 Å². The molecule has 3 rings (SSSR count). The lowest BCUT2D eigenvalue weighted by atomic mass is 10.0. The van der Waals surface area contributed by atoms with Gasteiger partial charge in [0, 0.05) is 38.8 Å². The highest BCUT2D eigenvalue weighted by molar-refractivity contribution is 5.44. The molecule has 110 valence electrons. The van der Waals surface area contributed by atoms with E-state index in [1.54, 1.807) is 0 Å². The fraction of sp³-hybridized carbons (Fsp3) is 0.600. The van der Waals surface area contributed by atoms with Crippen LogP contribution in [0.3, 0.4) is 0 Å². The van der Waals surface area contributed by atoms with Gasteiger partial charge in [0.1, 0.15) is 13.2 Å². The van der Waals surface area contributed by atoms with Gasteiger partial charge in [-0.1, -0.05) is 6.07 Å². The summed E-state index contributed by atoms with van der Waals surface area (Å²) < 4.78 is 11.2. The molecule has 1 saturated heterocycles. The van der Waals surface area contributed by atoms with E-state index in [0.717, 1.165) is 37.7 Å². The number of nitrogens with zero attached hydrogens (tertiary/aromatic N) is 2. The second kappa shape index (κ2) is 5.99. The van der Waals surface area contributed by atoms with E-state index in [2.05, 4.69) is 29.0 Å². The predicted molar refractivity (Wildman–Crippen MR) is 78.3 cm³/mol. The number of likely N-dealkylation sites (N-methyl/N-ethyl adjacent to an activating group) is 1. The van der Waals surface area contributed by atoms with Crippen molar-refractivity contribution in [1.29, 1.82) is 0 Å². The van der Waals surface area contributed by atoms with Gasteiger partial charge < -0.3 is 20.1 Å². The molecular weight excluding hydrogens is 254 g/mol. The SMILES string of the molecule is CN1CCN(C(CN)c2ccc3c(c2)OCCO3)CC1. The maximum Gasteiger partial charge on any atom is 0.161 e. The summed E-state index contributed by atoms with van der Waals surface area (Å²) in [5.74, 6) is 1.69. The molecule has 2 aliphatic heterocycles. The summed E-state index contributed by atoms with van der Waals surface area (Å²) in [6.45, 7) is 6.20. The molecule has 0 saturated carbocycles. The van der Waals surface area contributed by atoms with Crippen molar-refractivity contribution in [2.75, 3.05) is 53.0 Å². The zero-order chi connectivity index (χ0) is 13.9. The normalized spacial score (nSPS) is 21.7. The van der Waals surface area contributed by atoms with E-state index in [4.69, 9.17) is 15.2 Å². The smallest absolute Gasteiger partial charge is 0.161 e. The molecule has 2 N–H and O–H groups in total. The Bertz CT molecular complexity index is 458. The van der Waals surface area contributed by atoms with Gasteiger partial charge in [-0.3, -0.25) is 4.90 Å². The van der Waals surface area contributed by atoms with Crippen molar-refractivity contribution >= 4 is 0 Å². The average molecular weight is 277 g/mol. The molecule has 0 spiro atoms. The standard InChI is InChI=1S/C15H23N3O2/c1-17-4-6-18(7-5-17)13(11-16)12-2-3-14-15(10-12)20-9-8-19-14/h2-3,10,13H,4-9,11,16H2,1H3.